The SMILES string of the molecule is CCCC(CC)NCC(O)C1CC1. The maximum absolute atomic E-state index is 9.64. The second-order valence-electron chi connectivity index (χ2n) is 4.21. The van der Waals surface area contributed by atoms with Crippen molar-refractivity contribution >= 4 is 0 Å². The Labute approximate surface area is 81.7 Å². The van der Waals surface area contributed by atoms with Crippen LogP contribution in [0.4, 0.5) is 0 Å². The van der Waals surface area contributed by atoms with Gasteiger partial charge in [0.15, 0.2) is 0 Å². The fraction of sp³-hybridized carbons (Fsp3) is 1.00. The molecule has 0 heterocycles. The third-order valence-electron chi connectivity index (χ3n) is 2.91. The van der Waals surface area contributed by atoms with Crippen molar-refractivity contribution in [3.8, 4) is 0 Å². The largest absolute Gasteiger partial charge is 0.392 e. The van der Waals surface area contributed by atoms with Crippen molar-refractivity contribution in [3.63, 3.8) is 0 Å². The highest BCUT2D eigenvalue weighted by Gasteiger charge is 2.29. The van der Waals surface area contributed by atoms with Gasteiger partial charge in [0.25, 0.3) is 0 Å². The van der Waals surface area contributed by atoms with E-state index in [1.54, 1.807) is 0 Å². The van der Waals surface area contributed by atoms with Crippen LogP contribution >= 0.6 is 0 Å². The molecule has 0 bridgehead atoms. The van der Waals surface area contributed by atoms with Crippen LogP contribution in [0.15, 0.2) is 0 Å². The molecule has 0 spiro atoms. The minimum absolute atomic E-state index is 0.0918. The Morgan fingerprint density at radius 1 is 1.38 bits per heavy atom. The van der Waals surface area contributed by atoms with Crippen molar-refractivity contribution in [1.82, 2.24) is 5.32 Å². The summed E-state index contributed by atoms with van der Waals surface area (Å²) < 4.78 is 0. The summed E-state index contributed by atoms with van der Waals surface area (Å²) in [6, 6.07) is 0.610. The van der Waals surface area contributed by atoms with Crippen molar-refractivity contribution < 1.29 is 5.11 Å². The molecule has 2 atom stereocenters. The van der Waals surface area contributed by atoms with E-state index in [9.17, 15) is 5.11 Å². The molecule has 2 heteroatoms. The molecule has 0 saturated heterocycles. The normalized spacial score (nSPS) is 21.5. The maximum atomic E-state index is 9.64. The summed E-state index contributed by atoms with van der Waals surface area (Å²) in [5.74, 6) is 0.603. The third-order valence-corrected chi connectivity index (χ3v) is 2.91. The van der Waals surface area contributed by atoms with Crippen molar-refractivity contribution in [1.29, 1.82) is 0 Å². The van der Waals surface area contributed by atoms with Crippen molar-refractivity contribution in [3.05, 3.63) is 0 Å². The highest BCUT2D eigenvalue weighted by atomic mass is 16.3. The third kappa shape index (κ3) is 4.10. The van der Waals surface area contributed by atoms with Gasteiger partial charge in [-0.15, -0.1) is 0 Å². The molecule has 1 aliphatic rings. The molecule has 0 radical (unpaired) electrons. The molecule has 2 N–H and O–H groups in total. The van der Waals surface area contributed by atoms with E-state index in [4.69, 9.17) is 0 Å². The number of nitrogens with one attached hydrogen (secondary N) is 1. The summed E-state index contributed by atoms with van der Waals surface area (Å²) in [6.07, 6.45) is 6.00. The summed E-state index contributed by atoms with van der Waals surface area (Å²) >= 11 is 0. The van der Waals surface area contributed by atoms with Crippen LogP contribution < -0.4 is 5.32 Å². The monoisotopic (exact) mass is 185 g/mol. The summed E-state index contributed by atoms with van der Waals surface area (Å²) in [6.45, 7) is 5.21. The standard InChI is InChI=1S/C11H23NO/c1-3-5-10(4-2)12-8-11(13)9-6-7-9/h9-13H,3-8H2,1-2H3. The lowest BCUT2D eigenvalue weighted by Gasteiger charge is -2.18. The van der Waals surface area contributed by atoms with Gasteiger partial charge in [-0.05, 0) is 31.6 Å². The molecule has 78 valence electrons. The molecule has 0 aromatic heterocycles. The molecule has 2 nitrogen and oxygen atoms in total. The predicted octanol–water partition coefficient (Wildman–Crippen LogP) is 1.93. The lowest BCUT2D eigenvalue weighted by molar-refractivity contribution is 0.143. The van der Waals surface area contributed by atoms with E-state index in [0.29, 0.717) is 12.0 Å². The van der Waals surface area contributed by atoms with Crippen LogP contribution in [0.2, 0.25) is 0 Å². The Kier molecular flexibility index (Phi) is 4.74. The van der Waals surface area contributed by atoms with Gasteiger partial charge in [0.1, 0.15) is 0 Å². The van der Waals surface area contributed by atoms with Gasteiger partial charge in [0, 0.05) is 12.6 Å². The summed E-state index contributed by atoms with van der Waals surface area (Å²) in [7, 11) is 0. The Morgan fingerprint density at radius 2 is 2.08 bits per heavy atom. The van der Waals surface area contributed by atoms with Crippen LogP contribution in [-0.4, -0.2) is 23.8 Å². The molecule has 1 aliphatic carbocycles. The summed E-state index contributed by atoms with van der Waals surface area (Å²) in [5, 5.41) is 13.1. The number of hydrogen-bond donors (Lipinski definition) is 2. The number of aliphatic hydroxyl groups is 1. The highest BCUT2D eigenvalue weighted by Crippen LogP contribution is 2.32. The lowest BCUT2D eigenvalue weighted by atomic mass is 10.1. The predicted molar refractivity (Wildman–Crippen MR) is 55.7 cm³/mol. The van der Waals surface area contributed by atoms with Gasteiger partial charge in [0.2, 0.25) is 0 Å². The van der Waals surface area contributed by atoms with Gasteiger partial charge in [-0.3, -0.25) is 0 Å². The minimum Gasteiger partial charge on any atom is -0.392 e. The topological polar surface area (TPSA) is 32.3 Å². The second kappa shape index (κ2) is 5.61. The Morgan fingerprint density at radius 3 is 2.54 bits per heavy atom. The quantitative estimate of drug-likeness (QED) is 0.635. The number of hydrogen-bond acceptors (Lipinski definition) is 2. The zero-order chi connectivity index (χ0) is 9.68. The lowest BCUT2D eigenvalue weighted by Crippen LogP contribution is -2.36. The van der Waals surface area contributed by atoms with Gasteiger partial charge < -0.3 is 10.4 Å². The fourth-order valence-electron chi connectivity index (χ4n) is 1.73. The van der Waals surface area contributed by atoms with Gasteiger partial charge in [-0.2, -0.15) is 0 Å². The smallest absolute Gasteiger partial charge is 0.0692 e. The van der Waals surface area contributed by atoms with E-state index in [0.717, 1.165) is 6.54 Å². The van der Waals surface area contributed by atoms with Crippen LogP contribution in [0.1, 0.15) is 46.0 Å². The fourth-order valence-corrected chi connectivity index (χ4v) is 1.73. The van der Waals surface area contributed by atoms with Crippen LogP contribution in [0.25, 0.3) is 0 Å². The minimum atomic E-state index is -0.0918. The van der Waals surface area contributed by atoms with E-state index in [-0.39, 0.29) is 6.10 Å². The molecular weight excluding hydrogens is 162 g/mol. The van der Waals surface area contributed by atoms with Crippen LogP contribution in [-0.2, 0) is 0 Å². The van der Waals surface area contributed by atoms with Crippen LogP contribution in [0, 0.1) is 5.92 Å². The first-order valence-electron chi connectivity index (χ1n) is 5.69. The first-order valence-corrected chi connectivity index (χ1v) is 5.69. The first-order chi connectivity index (χ1) is 6.27. The zero-order valence-electron chi connectivity index (χ0n) is 8.92. The van der Waals surface area contributed by atoms with Crippen LogP contribution in [0.5, 0.6) is 0 Å². The van der Waals surface area contributed by atoms with E-state index in [1.165, 1.54) is 32.1 Å². The van der Waals surface area contributed by atoms with Crippen molar-refractivity contribution in [2.24, 2.45) is 5.92 Å². The molecule has 0 amide bonds. The maximum Gasteiger partial charge on any atom is 0.0692 e. The number of aliphatic hydroxyl groups excluding tert-OH is 1. The van der Waals surface area contributed by atoms with E-state index in [1.807, 2.05) is 0 Å². The van der Waals surface area contributed by atoms with Gasteiger partial charge in [0.05, 0.1) is 6.10 Å². The van der Waals surface area contributed by atoms with E-state index >= 15 is 0 Å². The Bertz CT molecular complexity index is 134. The molecule has 1 saturated carbocycles. The second-order valence-corrected chi connectivity index (χ2v) is 4.21. The summed E-state index contributed by atoms with van der Waals surface area (Å²) in [4.78, 5) is 0. The van der Waals surface area contributed by atoms with Gasteiger partial charge in [-0.25, -0.2) is 0 Å². The highest BCUT2D eigenvalue weighted by molar-refractivity contribution is 4.82. The Hall–Kier alpha value is -0.0800. The molecule has 13 heavy (non-hydrogen) atoms. The molecule has 1 fully saturated rings. The van der Waals surface area contributed by atoms with Crippen LogP contribution in [0.3, 0.4) is 0 Å². The van der Waals surface area contributed by atoms with Gasteiger partial charge >= 0.3 is 0 Å². The zero-order valence-corrected chi connectivity index (χ0v) is 8.92. The molecule has 1 rings (SSSR count). The Balaban J connectivity index is 2.06. The average molecular weight is 185 g/mol. The van der Waals surface area contributed by atoms with Crippen molar-refractivity contribution in [2.75, 3.05) is 6.54 Å². The van der Waals surface area contributed by atoms with Gasteiger partial charge in [-0.1, -0.05) is 20.3 Å². The first kappa shape index (κ1) is 11.0. The molecule has 2 unspecified atom stereocenters. The van der Waals surface area contributed by atoms with E-state index < -0.39 is 0 Å². The van der Waals surface area contributed by atoms with Crippen molar-refractivity contribution in [2.45, 2.75) is 58.1 Å². The molecule has 0 aromatic carbocycles. The van der Waals surface area contributed by atoms with E-state index in [2.05, 4.69) is 19.2 Å². The molecule has 0 aliphatic heterocycles. The molecular formula is C11H23NO. The summed E-state index contributed by atoms with van der Waals surface area (Å²) in [5.41, 5.74) is 0. The average Bonchev–Trinajstić information content (AvgIpc) is 2.94. The number of rotatable bonds is 7. The molecule has 0 aromatic rings.